The van der Waals surface area contributed by atoms with E-state index < -0.39 is 0 Å². The molecular weight excluding hydrogens is 224 g/mol. The molecule has 0 aromatic heterocycles. The number of carbonyl (C=O) groups excluding carboxylic acids is 2. The molecule has 1 aliphatic carbocycles. The van der Waals surface area contributed by atoms with E-state index in [0.717, 1.165) is 23.8 Å². The fourth-order valence-electron chi connectivity index (χ4n) is 2.47. The van der Waals surface area contributed by atoms with E-state index in [0.29, 0.717) is 12.8 Å². The number of fused-ring (bicyclic) bond motifs is 1. The van der Waals surface area contributed by atoms with Crippen LogP contribution in [0.25, 0.3) is 6.08 Å². The van der Waals surface area contributed by atoms with Gasteiger partial charge in [-0.1, -0.05) is 31.7 Å². The van der Waals surface area contributed by atoms with Gasteiger partial charge in [-0.3, -0.25) is 4.79 Å². The smallest absolute Gasteiger partial charge is 0.146 e. The zero-order valence-electron chi connectivity index (χ0n) is 9.98. The molecule has 1 aromatic rings. The minimum absolute atomic E-state index is 0. The maximum absolute atomic E-state index is 11.2. The van der Waals surface area contributed by atoms with E-state index in [-0.39, 0.29) is 19.1 Å². The minimum atomic E-state index is 0. The van der Waals surface area contributed by atoms with Crippen LogP contribution in [-0.2, 0) is 16.0 Å². The second-order valence-corrected chi connectivity index (χ2v) is 4.72. The van der Waals surface area contributed by atoms with Gasteiger partial charge >= 0.3 is 0 Å². The molecular formula is C16H20O2. The highest BCUT2D eigenvalue weighted by molar-refractivity contribution is 5.83. The molecule has 18 heavy (non-hydrogen) atoms. The highest BCUT2D eigenvalue weighted by atomic mass is 16.1. The van der Waals surface area contributed by atoms with E-state index in [1.807, 2.05) is 24.3 Å². The average Bonchev–Trinajstić information content (AvgIpc) is 2.46. The van der Waals surface area contributed by atoms with Crippen LogP contribution >= 0.6 is 0 Å². The Morgan fingerprint density at radius 2 is 2.06 bits per heavy atom. The number of ketones is 1. The molecule has 0 N–H and O–H groups in total. The standard InChI is InChI=1S/C15H16O2.CH4/c1-11(17)6-12-7-13(10-16)9-15-5-3-2-4-14(15)8-12;/h2-5,9-10,12H,6-8H2,1H3;1H4. The summed E-state index contributed by atoms with van der Waals surface area (Å²) >= 11 is 0. The number of Topliss-reactive ketones (excluding diaryl/α,β-unsaturated/α-hetero) is 1. The summed E-state index contributed by atoms with van der Waals surface area (Å²) in [5.41, 5.74) is 3.14. The number of benzene rings is 1. The summed E-state index contributed by atoms with van der Waals surface area (Å²) in [6, 6.07) is 8.08. The number of rotatable bonds is 3. The molecule has 0 amide bonds. The monoisotopic (exact) mass is 244 g/mol. The SMILES string of the molecule is C.CC(=O)CC1CC(C=O)=Cc2ccccc2C1. The first kappa shape index (κ1) is 14.4. The van der Waals surface area contributed by atoms with E-state index in [2.05, 4.69) is 6.07 Å². The Morgan fingerprint density at radius 1 is 1.33 bits per heavy atom. The van der Waals surface area contributed by atoms with Gasteiger partial charge in [-0.15, -0.1) is 0 Å². The van der Waals surface area contributed by atoms with E-state index in [9.17, 15) is 9.59 Å². The number of allylic oxidation sites excluding steroid dienone is 1. The summed E-state index contributed by atoms with van der Waals surface area (Å²) in [5.74, 6) is 0.451. The van der Waals surface area contributed by atoms with Crippen LogP contribution in [0.15, 0.2) is 29.8 Å². The lowest BCUT2D eigenvalue weighted by molar-refractivity contribution is -0.118. The molecule has 1 unspecified atom stereocenters. The zero-order chi connectivity index (χ0) is 12.3. The number of hydrogen-bond donors (Lipinski definition) is 0. The summed E-state index contributed by atoms with van der Waals surface area (Å²) in [6.07, 6.45) is 5.00. The third-order valence-corrected chi connectivity index (χ3v) is 3.16. The van der Waals surface area contributed by atoms with Crippen LogP contribution in [0, 0.1) is 5.92 Å². The fraction of sp³-hybridized carbons (Fsp3) is 0.375. The Labute approximate surface area is 109 Å². The summed E-state index contributed by atoms with van der Waals surface area (Å²) in [4.78, 5) is 22.2. The van der Waals surface area contributed by atoms with Crippen LogP contribution in [-0.4, -0.2) is 12.1 Å². The van der Waals surface area contributed by atoms with Gasteiger partial charge in [-0.05, 0) is 48.5 Å². The van der Waals surface area contributed by atoms with Gasteiger partial charge in [0.15, 0.2) is 0 Å². The molecule has 1 aromatic carbocycles. The van der Waals surface area contributed by atoms with Gasteiger partial charge in [0.05, 0.1) is 0 Å². The molecule has 0 fully saturated rings. The van der Waals surface area contributed by atoms with Crippen molar-refractivity contribution in [2.75, 3.05) is 0 Å². The third-order valence-electron chi connectivity index (χ3n) is 3.16. The molecule has 0 saturated heterocycles. The maximum Gasteiger partial charge on any atom is 0.146 e. The fourth-order valence-corrected chi connectivity index (χ4v) is 2.47. The van der Waals surface area contributed by atoms with Crippen molar-refractivity contribution in [3.05, 3.63) is 41.0 Å². The quantitative estimate of drug-likeness (QED) is 0.763. The molecule has 0 bridgehead atoms. The highest BCUT2D eigenvalue weighted by Gasteiger charge is 2.18. The molecule has 0 radical (unpaired) electrons. The highest BCUT2D eigenvalue weighted by Crippen LogP contribution is 2.28. The number of hydrogen-bond acceptors (Lipinski definition) is 2. The van der Waals surface area contributed by atoms with E-state index in [1.165, 1.54) is 5.56 Å². The molecule has 0 saturated carbocycles. The van der Waals surface area contributed by atoms with Gasteiger partial charge in [0.2, 0.25) is 0 Å². The predicted octanol–water partition coefficient (Wildman–Crippen LogP) is 3.45. The lowest BCUT2D eigenvalue weighted by Crippen LogP contribution is -2.09. The number of carbonyl (C=O) groups is 2. The lowest BCUT2D eigenvalue weighted by Gasteiger charge is -2.13. The summed E-state index contributed by atoms with van der Waals surface area (Å²) in [5, 5.41) is 0. The van der Waals surface area contributed by atoms with Crippen LogP contribution in [0.2, 0.25) is 0 Å². The molecule has 96 valence electrons. The van der Waals surface area contributed by atoms with Crippen molar-refractivity contribution in [3.8, 4) is 0 Å². The Morgan fingerprint density at radius 3 is 2.72 bits per heavy atom. The Balaban J connectivity index is 0.00000162. The average molecular weight is 244 g/mol. The van der Waals surface area contributed by atoms with Crippen molar-refractivity contribution < 1.29 is 9.59 Å². The van der Waals surface area contributed by atoms with Gasteiger partial charge < -0.3 is 4.79 Å². The topological polar surface area (TPSA) is 34.1 Å². The molecule has 1 atom stereocenters. The van der Waals surface area contributed by atoms with Gasteiger partial charge in [-0.25, -0.2) is 0 Å². The van der Waals surface area contributed by atoms with Crippen LogP contribution in [0.4, 0.5) is 0 Å². The lowest BCUT2D eigenvalue weighted by atomic mass is 9.91. The first-order valence-electron chi connectivity index (χ1n) is 5.92. The normalized spacial score (nSPS) is 17.8. The van der Waals surface area contributed by atoms with Crippen LogP contribution in [0.3, 0.4) is 0 Å². The Bertz CT molecular complexity index is 472. The second kappa shape index (κ2) is 6.29. The minimum Gasteiger partial charge on any atom is -0.300 e. The number of aldehydes is 1. The van der Waals surface area contributed by atoms with Crippen molar-refractivity contribution in [1.82, 2.24) is 0 Å². The van der Waals surface area contributed by atoms with Crippen molar-refractivity contribution in [2.24, 2.45) is 5.92 Å². The zero-order valence-corrected chi connectivity index (χ0v) is 9.98. The van der Waals surface area contributed by atoms with Crippen LogP contribution in [0.5, 0.6) is 0 Å². The van der Waals surface area contributed by atoms with E-state index >= 15 is 0 Å². The first-order valence-corrected chi connectivity index (χ1v) is 5.92. The third kappa shape index (κ3) is 3.39. The largest absolute Gasteiger partial charge is 0.300 e. The van der Waals surface area contributed by atoms with Gasteiger partial charge in [0, 0.05) is 6.42 Å². The first-order chi connectivity index (χ1) is 8.19. The molecule has 0 aliphatic heterocycles. The summed E-state index contributed by atoms with van der Waals surface area (Å²) in [7, 11) is 0. The molecule has 0 heterocycles. The van der Waals surface area contributed by atoms with Crippen molar-refractivity contribution >= 4 is 18.1 Å². The molecule has 2 heteroatoms. The summed E-state index contributed by atoms with van der Waals surface area (Å²) < 4.78 is 0. The second-order valence-electron chi connectivity index (χ2n) is 4.72. The van der Waals surface area contributed by atoms with Gasteiger partial charge in [-0.2, -0.15) is 0 Å². The van der Waals surface area contributed by atoms with Gasteiger partial charge in [0.1, 0.15) is 12.1 Å². The molecule has 2 nitrogen and oxygen atoms in total. The van der Waals surface area contributed by atoms with Gasteiger partial charge in [0.25, 0.3) is 0 Å². The Kier molecular flexibility index (Phi) is 5.02. The van der Waals surface area contributed by atoms with Crippen molar-refractivity contribution in [2.45, 2.75) is 33.6 Å². The molecule has 2 rings (SSSR count). The van der Waals surface area contributed by atoms with Crippen LogP contribution in [0.1, 0.15) is 38.3 Å². The molecule has 1 aliphatic rings. The predicted molar refractivity (Wildman–Crippen MR) is 74.3 cm³/mol. The van der Waals surface area contributed by atoms with Crippen LogP contribution < -0.4 is 0 Å². The van der Waals surface area contributed by atoms with E-state index in [4.69, 9.17) is 0 Å². The maximum atomic E-state index is 11.2. The van der Waals surface area contributed by atoms with Crippen molar-refractivity contribution in [1.29, 1.82) is 0 Å². The Hall–Kier alpha value is -1.70. The van der Waals surface area contributed by atoms with Crippen molar-refractivity contribution in [3.63, 3.8) is 0 Å². The van der Waals surface area contributed by atoms with E-state index in [1.54, 1.807) is 6.92 Å². The summed E-state index contributed by atoms with van der Waals surface area (Å²) in [6.45, 7) is 1.61. The molecule has 0 spiro atoms.